The molecular formula is C27H23N5O2S. The van der Waals surface area contributed by atoms with E-state index in [1.807, 2.05) is 54.0 Å². The van der Waals surface area contributed by atoms with Crippen LogP contribution in [-0.4, -0.2) is 31.6 Å². The molecule has 2 atom stereocenters. The van der Waals surface area contributed by atoms with E-state index in [0.29, 0.717) is 17.2 Å². The van der Waals surface area contributed by atoms with Crippen LogP contribution < -0.4 is 0 Å². The number of fused-ring (bicyclic) bond motifs is 3. The molecule has 5 rings (SSSR count). The van der Waals surface area contributed by atoms with Crippen molar-refractivity contribution < 1.29 is 9.90 Å². The van der Waals surface area contributed by atoms with Crippen LogP contribution >= 0.6 is 11.3 Å². The Balaban J connectivity index is 1.72. The topological polar surface area (TPSA) is 104 Å². The van der Waals surface area contributed by atoms with Gasteiger partial charge in [0.05, 0.1) is 23.3 Å². The van der Waals surface area contributed by atoms with Crippen LogP contribution in [0.25, 0.3) is 16.1 Å². The van der Waals surface area contributed by atoms with Crippen LogP contribution in [0, 0.1) is 38.0 Å². The number of aliphatic imine (C=N–C) groups is 1. The average Bonchev–Trinajstić information content (AvgIpc) is 3.33. The summed E-state index contributed by atoms with van der Waals surface area (Å²) in [6.07, 6.45) is 0. The monoisotopic (exact) mass is 481 g/mol. The molecule has 1 unspecified atom stereocenters. The van der Waals surface area contributed by atoms with Gasteiger partial charge in [0, 0.05) is 16.0 Å². The molecule has 174 valence electrons. The van der Waals surface area contributed by atoms with E-state index in [2.05, 4.69) is 30.1 Å². The van der Waals surface area contributed by atoms with E-state index in [1.54, 1.807) is 24.3 Å². The standard InChI is InChI=1S/C27H23N5O2S/c1-14-16(3)35-26-22(14)24(29-23(15(2)27(33)34)25-31-30-17(4)32(25)26)19-11-9-18(10-12-19)21-8-6-5-7-20(21)13-28/h5-12,15,23H,1-4H3,(H,33,34)/t15?,23-/m0/s1. The zero-order valence-electron chi connectivity index (χ0n) is 19.8. The van der Waals surface area contributed by atoms with E-state index in [4.69, 9.17) is 4.99 Å². The van der Waals surface area contributed by atoms with E-state index in [9.17, 15) is 15.2 Å². The van der Waals surface area contributed by atoms with Gasteiger partial charge in [0.15, 0.2) is 5.82 Å². The van der Waals surface area contributed by atoms with Crippen molar-refractivity contribution >= 4 is 23.0 Å². The number of rotatable bonds is 4. The van der Waals surface area contributed by atoms with Gasteiger partial charge in [-0.05, 0) is 50.5 Å². The van der Waals surface area contributed by atoms with Gasteiger partial charge in [-0.2, -0.15) is 5.26 Å². The minimum atomic E-state index is -0.938. The lowest BCUT2D eigenvalue weighted by atomic mass is 9.95. The molecule has 7 nitrogen and oxygen atoms in total. The fraction of sp³-hybridized carbons (Fsp3) is 0.222. The number of carboxylic acids is 1. The quantitative estimate of drug-likeness (QED) is 0.420. The van der Waals surface area contributed by atoms with Gasteiger partial charge in [-0.1, -0.05) is 42.5 Å². The summed E-state index contributed by atoms with van der Waals surface area (Å²) in [5, 5.41) is 28.9. The molecule has 1 aliphatic heterocycles. The van der Waals surface area contributed by atoms with Crippen LogP contribution in [-0.2, 0) is 4.79 Å². The highest BCUT2D eigenvalue weighted by molar-refractivity contribution is 7.15. The number of hydrogen-bond acceptors (Lipinski definition) is 6. The van der Waals surface area contributed by atoms with Crippen molar-refractivity contribution in [2.24, 2.45) is 10.9 Å². The number of aliphatic carboxylic acids is 1. The molecule has 2 aromatic heterocycles. The predicted molar refractivity (Wildman–Crippen MR) is 135 cm³/mol. The number of nitrogens with zero attached hydrogens (tertiary/aromatic N) is 5. The van der Waals surface area contributed by atoms with E-state index in [1.165, 1.54) is 0 Å². The third-order valence-corrected chi connectivity index (χ3v) is 7.76. The summed E-state index contributed by atoms with van der Waals surface area (Å²) in [4.78, 5) is 18.2. The Morgan fingerprint density at radius 2 is 1.77 bits per heavy atom. The molecule has 0 bridgehead atoms. The minimum absolute atomic E-state index is 0.537. The molecule has 0 radical (unpaired) electrons. The van der Waals surface area contributed by atoms with Crippen LogP contribution in [0.4, 0.5) is 0 Å². The molecule has 4 aromatic rings. The number of hydrogen-bond donors (Lipinski definition) is 1. The third-order valence-electron chi connectivity index (χ3n) is 6.57. The Kier molecular flexibility index (Phi) is 5.58. The maximum atomic E-state index is 12.0. The number of nitriles is 1. The van der Waals surface area contributed by atoms with Crippen molar-refractivity contribution in [3.63, 3.8) is 0 Å². The van der Waals surface area contributed by atoms with E-state index in [-0.39, 0.29) is 0 Å². The SMILES string of the molecule is Cc1sc2c(c1C)C(c1ccc(-c3ccccc3C#N)cc1)=N[C@@H](C(C)C(=O)O)c1nnc(C)n1-2. The summed E-state index contributed by atoms with van der Waals surface area (Å²) in [5.41, 5.74) is 6.11. The Morgan fingerprint density at radius 3 is 2.46 bits per heavy atom. The molecule has 0 spiro atoms. The first kappa shape index (κ1) is 22.7. The smallest absolute Gasteiger partial charge is 0.308 e. The maximum Gasteiger partial charge on any atom is 0.308 e. The second-order valence-electron chi connectivity index (χ2n) is 8.69. The first-order chi connectivity index (χ1) is 16.8. The molecular weight excluding hydrogens is 458 g/mol. The summed E-state index contributed by atoms with van der Waals surface area (Å²) >= 11 is 1.64. The van der Waals surface area contributed by atoms with Crippen LogP contribution in [0.2, 0.25) is 0 Å². The maximum absolute atomic E-state index is 12.0. The van der Waals surface area contributed by atoms with Gasteiger partial charge in [-0.15, -0.1) is 21.5 Å². The molecule has 1 aliphatic rings. The van der Waals surface area contributed by atoms with Gasteiger partial charge in [-0.3, -0.25) is 14.4 Å². The second kappa shape index (κ2) is 8.60. The molecule has 0 saturated heterocycles. The highest BCUT2D eigenvalue weighted by atomic mass is 32.1. The zero-order valence-corrected chi connectivity index (χ0v) is 20.6. The highest BCUT2D eigenvalue weighted by Crippen LogP contribution is 2.40. The normalized spacial score (nSPS) is 15.4. The van der Waals surface area contributed by atoms with Gasteiger partial charge in [0.25, 0.3) is 0 Å². The number of carboxylic acid groups (broad SMARTS) is 1. The zero-order chi connectivity index (χ0) is 24.9. The Morgan fingerprint density at radius 1 is 1.09 bits per heavy atom. The molecule has 1 N–H and O–H groups in total. The molecule has 0 amide bonds. The summed E-state index contributed by atoms with van der Waals surface area (Å²) in [5.74, 6) is -0.490. The third kappa shape index (κ3) is 3.65. The van der Waals surface area contributed by atoms with Gasteiger partial charge in [0.1, 0.15) is 16.9 Å². The van der Waals surface area contributed by atoms with E-state index < -0.39 is 17.9 Å². The van der Waals surface area contributed by atoms with Gasteiger partial charge in [-0.25, -0.2) is 0 Å². The Bertz CT molecular complexity index is 1540. The predicted octanol–water partition coefficient (Wildman–Crippen LogP) is 5.41. The lowest BCUT2D eigenvalue weighted by Gasteiger charge is -2.16. The lowest BCUT2D eigenvalue weighted by Crippen LogP contribution is -2.21. The molecule has 0 saturated carbocycles. The largest absolute Gasteiger partial charge is 0.481 e. The number of aromatic nitrogens is 3. The van der Waals surface area contributed by atoms with Crippen molar-refractivity contribution in [3.05, 3.63) is 87.3 Å². The molecule has 0 fully saturated rings. The van der Waals surface area contributed by atoms with Gasteiger partial charge in [0.2, 0.25) is 0 Å². The summed E-state index contributed by atoms with van der Waals surface area (Å²) < 4.78 is 1.96. The molecule has 0 aliphatic carbocycles. The first-order valence-electron chi connectivity index (χ1n) is 11.2. The van der Waals surface area contributed by atoms with Crippen LogP contribution in [0.3, 0.4) is 0 Å². The summed E-state index contributed by atoms with van der Waals surface area (Å²) in [7, 11) is 0. The number of benzene rings is 2. The second-order valence-corrected chi connectivity index (χ2v) is 9.89. The van der Waals surface area contributed by atoms with Crippen molar-refractivity contribution in [2.45, 2.75) is 33.7 Å². The molecule has 2 aromatic carbocycles. The van der Waals surface area contributed by atoms with Gasteiger partial charge < -0.3 is 5.11 Å². The van der Waals surface area contributed by atoms with Crippen LogP contribution in [0.1, 0.15) is 51.7 Å². The molecule has 3 heterocycles. The van der Waals surface area contributed by atoms with Crippen molar-refractivity contribution in [3.8, 4) is 22.2 Å². The van der Waals surface area contributed by atoms with Crippen LogP contribution in [0.15, 0.2) is 53.5 Å². The fourth-order valence-corrected chi connectivity index (χ4v) is 5.67. The summed E-state index contributed by atoms with van der Waals surface area (Å²) in [6, 6.07) is 17.0. The number of thiophene rings is 1. The van der Waals surface area contributed by atoms with Crippen molar-refractivity contribution in [1.29, 1.82) is 5.26 Å². The highest BCUT2D eigenvalue weighted by Gasteiger charge is 2.36. The molecule has 8 heteroatoms. The fourth-order valence-electron chi connectivity index (χ4n) is 4.46. The minimum Gasteiger partial charge on any atom is -0.481 e. The van der Waals surface area contributed by atoms with Crippen molar-refractivity contribution in [2.75, 3.05) is 0 Å². The Labute approximate surface area is 207 Å². The first-order valence-corrected chi connectivity index (χ1v) is 12.1. The average molecular weight is 482 g/mol. The van der Waals surface area contributed by atoms with E-state index in [0.717, 1.165) is 43.4 Å². The van der Waals surface area contributed by atoms with Crippen molar-refractivity contribution in [1.82, 2.24) is 14.8 Å². The van der Waals surface area contributed by atoms with E-state index >= 15 is 0 Å². The number of aryl methyl sites for hydroxylation is 2. The number of carbonyl (C=O) groups is 1. The Hall–Kier alpha value is -4.09. The summed E-state index contributed by atoms with van der Waals surface area (Å²) in [6.45, 7) is 7.67. The lowest BCUT2D eigenvalue weighted by molar-refractivity contribution is -0.141. The van der Waals surface area contributed by atoms with Gasteiger partial charge >= 0.3 is 5.97 Å². The van der Waals surface area contributed by atoms with Crippen LogP contribution in [0.5, 0.6) is 0 Å². The molecule has 35 heavy (non-hydrogen) atoms.